The van der Waals surface area contributed by atoms with E-state index >= 15 is 0 Å². The molecule has 0 amide bonds. The molecule has 4 heterocycles. The Labute approximate surface area is 237 Å². The summed E-state index contributed by atoms with van der Waals surface area (Å²) in [6.07, 6.45) is 4.28. The largest absolute Gasteiger partial charge is 0.493 e. The number of para-hydroxylation sites is 1. The molecule has 0 bridgehead atoms. The lowest BCUT2D eigenvalue weighted by atomic mass is 9.94. The molecule has 40 heavy (non-hydrogen) atoms. The molecule has 10 heteroatoms. The smallest absolute Gasteiger partial charge is 0.338 e. The summed E-state index contributed by atoms with van der Waals surface area (Å²) >= 11 is 1.30. The molecule has 5 rings (SSSR count). The van der Waals surface area contributed by atoms with Gasteiger partial charge in [-0.2, -0.15) is 0 Å². The van der Waals surface area contributed by atoms with Crippen molar-refractivity contribution in [3.63, 3.8) is 0 Å². The van der Waals surface area contributed by atoms with Gasteiger partial charge in [-0.15, -0.1) is 0 Å². The van der Waals surface area contributed by atoms with E-state index < -0.39 is 12.0 Å². The van der Waals surface area contributed by atoms with Gasteiger partial charge >= 0.3 is 5.97 Å². The Morgan fingerprint density at radius 2 is 2.02 bits per heavy atom. The lowest BCUT2D eigenvalue weighted by Crippen LogP contribution is -2.40. The number of allylic oxidation sites excluding steroid dienone is 1. The fourth-order valence-electron chi connectivity index (χ4n) is 5.60. The van der Waals surface area contributed by atoms with Gasteiger partial charge in [0.1, 0.15) is 6.04 Å². The van der Waals surface area contributed by atoms with Crippen molar-refractivity contribution in [3.05, 3.63) is 77.7 Å². The molecule has 2 aliphatic heterocycles. The van der Waals surface area contributed by atoms with Crippen molar-refractivity contribution >= 4 is 23.4 Å². The number of methoxy groups -OCH3 is 2. The van der Waals surface area contributed by atoms with Crippen LogP contribution in [0.5, 0.6) is 11.5 Å². The van der Waals surface area contributed by atoms with E-state index in [0.717, 1.165) is 42.9 Å². The number of aryl methyl sites for hydroxylation is 1. The van der Waals surface area contributed by atoms with Gasteiger partial charge in [0, 0.05) is 30.1 Å². The first-order chi connectivity index (χ1) is 19.3. The van der Waals surface area contributed by atoms with Crippen LogP contribution in [0.3, 0.4) is 0 Å². The number of benzene rings is 1. The summed E-state index contributed by atoms with van der Waals surface area (Å²) in [7, 11) is 3.09. The molecule has 0 spiro atoms. The van der Waals surface area contributed by atoms with Gasteiger partial charge in [0.15, 0.2) is 16.3 Å². The number of thiazole rings is 1. The molecule has 2 aliphatic rings. The Hall–Kier alpha value is -3.63. The van der Waals surface area contributed by atoms with E-state index in [1.165, 1.54) is 18.4 Å². The molecule has 1 fully saturated rings. The van der Waals surface area contributed by atoms with Gasteiger partial charge in [-0.1, -0.05) is 23.5 Å². The summed E-state index contributed by atoms with van der Waals surface area (Å²) in [5.74, 6) is 0.419. The Bertz CT molecular complexity index is 1660. The molecule has 3 aromatic rings. The van der Waals surface area contributed by atoms with Crippen LogP contribution in [0, 0.1) is 13.8 Å². The highest BCUT2D eigenvalue weighted by atomic mass is 32.1. The van der Waals surface area contributed by atoms with Crippen LogP contribution in [0.15, 0.2) is 45.3 Å². The zero-order valence-electron chi connectivity index (χ0n) is 23.8. The van der Waals surface area contributed by atoms with Gasteiger partial charge in [-0.3, -0.25) is 9.36 Å². The van der Waals surface area contributed by atoms with Gasteiger partial charge in [-0.05, 0) is 64.3 Å². The number of ether oxygens (including phenoxy) is 4. The Morgan fingerprint density at radius 1 is 1.23 bits per heavy atom. The van der Waals surface area contributed by atoms with Crippen molar-refractivity contribution in [2.45, 2.75) is 59.2 Å². The first-order valence-electron chi connectivity index (χ1n) is 13.5. The van der Waals surface area contributed by atoms with Crippen molar-refractivity contribution in [2.24, 2.45) is 4.99 Å². The number of fused-ring (bicyclic) bond motifs is 1. The second-order valence-electron chi connectivity index (χ2n) is 9.96. The molecule has 2 atom stereocenters. The number of carbonyl (C=O) groups is 1. The van der Waals surface area contributed by atoms with E-state index in [0.29, 0.717) is 37.7 Å². The predicted octanol–water partition coefficient (Wildman–Crippen LogP) is 3.41. The van der Waals surface area contributed by atoms with Crippen LogP contribution >= 0.6 is 11.3 Å². The highest BCUT2D eigenvalue weighted by Crippen LogP contribution is 2.40. The number of hydrogen-bond donors (Lipinski definition) is 0. The van der Waals surface area contributed by atoms with Crippen molar-refractivity contribution in [2.75, 3.05) is 27.4 Å². The van der Waals surface area contributed by atoms with Crippen molar-refractivity contribution in [3.8, 4) is 11.5 Å². The second kappa shape index (κ2) is 11.5. The maximum Gasteiger partial charge on any atom is 0.338 e. The molecule has 1 aromatic carbocycles. The van der Waals surface area contributed by atoms with Crippen LogP contribution in [0.2, 0.25) is 0 Å². The number of carbonyl (C=O) groups excluding carboxylic acids is 1. The van der Waals surface area contributed by atoms with Crippen LogP contribution < -0.4 is 24.4 Å². The quantitative estimate of drug-likeness (QED) is 0.389. The standard InChI is InChI=1S/C30H35N3O6S/c1-7-38-29(35)25-18(3)31-30-33(26(25)22-11-8-12-23(36-5)27(22)37-6)28(34)24(40-30)15-20-14-17(2)32(19(20)4)16-21-10-9-13-39-21/h8,11-12,14-15,21,26H,7,9-10,13,16H2,1-6H3/t21-,26+/m0/s1. The lowest BCUT2D eigenvalue weighted by Gasteiger charge is -2.26. The highest BCUT2D eigenvalue weighted by molar-refractivity contribution is 7.07. The molecule has 9 nitrogen and oxygen atoms in total. The van der Waals surface area contributed by atoms with E-state index in [1.807, 2.05) is 18.2 Å². The lowest BCUT2D eigenvalue weighted by molar-refractivity contribution is -0.139. The van der Waals surface area contributed by atoms with E-state index in [2.05, 4.69) is 29.5 Å². The first-order valence-corrected chi connectivity index (χ1v) is 14.3. The van der Waals surface area contributed by atoms with Crippen LogP contribution in [-0.4, -0.2) is 48.6 Å². The third-order valence-corrected chi connectivity index (χ3v) is 8.54. The number of nitrogens with zero attached hydrogens (tertiary/aromatic N) is 3. The fraction of sp³-hybridized carbons (Fsp3) is 0.433. The molecular formula is C30H35N3O6S. The molecule has 0 aliphatic carbocycles. The SMILES string of the molecule is CCOC(=O)C1=C(C)N=c2sc(=Cc3cc(C)n(C[C@@H]4CCCO4)c3C)c(=O)n2[C@@H]1c1cccc(OC)c1OC. The summed E-state index contributed by atoms with van der Waals surface area (Å²) in [5, 5.41) is 0. The average Bonchev–Trinajstić information content (AvgIpc) is 3.63. The van der Waals surface area contributed by atoms with Crippen LogP contribution in [-0.2, 0) is 20.8 Å². The van der Waals surface area contributed by atoms with Crippen molar-refractivity contribution in [1.82, 2.24) is 9.13 Å². The van der Waals surface area contributed by atoms with Gasteiger partial charge in [-0.25, -0.2) is 9.79 Å². The minimum Gasteiger partial charge on any atom is -0.493 e. The molecule has 1 saturated heterocycles. The molecule has 0 radical (unpaired) electrons. The number of rotatable bonds is 8. The third kappa shape index (κ3) is 4.90. The maximum atomic E-state index is 14.1. The fourth-order valence-corrected chi connectivity index (χ4v) is 6.64. The number of esters is 1. The van der Waals surface area contributed by atoms with Crippen molar-refractivity contribution in [1.29, 1.82) is 0 Å². The summed E-state index contributed by atoms with van der Waals surface area (Å²) in [6, 6.07) is 6.72. The summed E-state index contributed by atoms with van der Waals surface area (Å²) in [6.45, 7) is 9.46. The predicted molar refractivity (Wildman–Crippen MR) is 153 cm³/mol. The number of hydrogen-bond acceptors (Lipinski definition) is 8. The van der Waals surface area contributed by atoms with Gasteiger partial charge in [0.05, 0.1) is 42.7 Å². The molecular weight excluding hydrogens is 530 g/mol. The zero-order valence-corrected chi connectivity index (χ0v) is 24.6. The van der Waals surface area contributed by atoms with Crippen molar-refractivity contribution < 1.29 is 23.7 Å². The average molecular weight is 566 g/mol. The first kappa shape index (κ1) is 27.9. The van der Waals surface area contributed by atoms with Gasteiger partial charge in [0.2, 0.25) is 0 Å². The third-order valence-electron chi connectivity index (χ3n) is 7.55. The monoisotopic (exact) mass is 565 g/mol. The highest BCUT2D eigenvalue weighted by Gasteiger charge is 2.36. The van der Waals surface area contributed by atoms with Crippen LogP contribution in [0.4, 0.5) is 0 Å². The molecule has 2 aromatic heterocycles. The molecule has 0 unspecified atom stereocenters. The summed E-state index contributed by atoms with van der Waals surface area (Å²) in [5.41, 5.74) is 4.33. The molecule has 0 saturated carbocycles. The Balaban J connectivity index is 1.68. The molecule has 212 valence electrons. The number of aromatic nitrogens is 2. The van der Waals surface area contributed by atoms with Crippen LogP contribution in [0.1, 0.15) is 55.2 Å². The van der Waals surface area contributed by atoms with E-state index in [4.69, 9.17) is 18.9 Å². The summed E-state index contributed by atoms with van der Waals surface area (Å²) in [4.78, 5) is 32.5. The topological polar surface area (TPSA) is 93.3 Å². The minimum absolute atomic E-state index is 0.198. The maximum absolute atomic E-state index is 14.1. The van der Waals surface area contributed by atoms with E-state index in [9.17, 15) is 9.59 Å². The normalized spacial score (nSPS) is 19.0. The van der Waals surface area contributed by atoms with Crippen LogP contribution in [0.25, 0.3) is 6.08 Å². The Morgan fingerprint density at radius 3 is 2.70 bits per heavy atom. The van der Waals surface area contributed by atoms with E-state index in [1.54, 1.807) is 31.6 Å². The zero-order chi connectivity index (χ0) is 28.6. The minimum atomic E-state index is -0.797. The second-order valence-corrected chi connectivity index (χ2v) is 11.0. The summed E-state index contributed by atoms with van der Waals surface area (Å²) < 4.78 is 26.9. The molecule has 0 N–H and O–H groups in total. The Kier molecular flexibility index (Phi) is 8.00. The van der Waals surface area contributed by atoms with Gasteiger partial charge in [0.25, 0.3) is 5.56 Å². The van der Waals surface area contributed by atoms with E-state index in [-0.39, 0.29) is 18.3 Å². The van der Waals surface area contributed by atoms with Gasteiger partial charge < -0.3 is 23.5 Å².